The van der Waals surface area contributed by atoms with Gasteiger partial charge in [-0.3, -0.25) is 4.79 Å². The Morgan fingerprint density at radius 3 is 2.93 bits per heavy atom. The molecule has 0 radical (unpaired) electrons. The van der Waals surface area contributed by atoms with Gasteiger partial charge in [0, 0.05) is 30.1 Å². The highest BCUT2D eigenvalue weighted by molar-refractivity contribution is 7.09. The first-order chi connectivity index (χ1) is 7.09. The maximum Gasteiger partial charge on any atom is 0.307 e. The van der Waals surface area contributed by atoms with Crippen LogP contribution in [0.5, 0.6) is 0 Å². The highest BCUT2D eigenvalue weighted by Gasteiger charge is 2.25. The topological polar surface area (TPSA) is 25.2 Å². The molecule has 15 heavy (non-hydrogen) atoms. The lowest BCUT2D eigenvalue weighted by Gasteiger charge is -2.26. The number of rotatable bonds is 2. The Morgan fingerprint density at radius 1 is 1.53 bits per heavy atom. The van der Waals surface area contributed by atoms with E-state index in [0.717, 1.165) is 13.0 Å². The van der Waals surface area contributed by atoms with Gasteiger partial charge in [-0.05, 0) is 33.4 Å². The third-order valence-electron chi connectivity index (χ3n) is 3.06. The van der Waals surface area contributed by atoms with Crippen molar-refractivity contribution in [1.82, 2.24) is 9.47 Å². The molecule has 3 nitrogen and oxygen atoms in total. The van der Waals surface area contributed by atoms with Crippen LogP contribution in [0.15, 0.2) is 4.79 Å². The van der Waals surface area contributed by atoms with E-state index in [9.17, 15) is 4.79 Å². The zero-order valence-corrected chi connectivity index (χ0v) is 10.4. The van der Waals surface area contributed by atoms with Gasteiger partial charge in [0.1, 0.15) is 0 Å². The third kappa shape index (κ3) is 2.01. The average Bonchev–Trinajstić information content (AvgIpc) is 2.43. The number of fused-ring (bicyclic) bond motifs is 1. The molecule has 1 aliphatic carbocycles. The zero-order chi connectivity index (χ0) is 11.0. The van der Waals surface area contributed by atoms with Crippen LogP contribution >= 0.6 is 11.3 Å². The van der Waals surface area contributed by atoms with Crippen molar-refractivity contribution in [2.75, 3.05) is 20.6 Å². The summed E-state index contributed by atoms with van der Waals surface area (Å²) in [5.74, 6) is 0.549. The number of aromatic nitrogens is 1. The lowest BCUT2D eigenvalue weighted by Crippen LogP contribution is -2.26. The lowest BCUT2D eigenvalue weighted by atomic mass is 9.90. The molecule has 1 heterocycles. The van der Waals surface area contributed by atoms with Crippen molar-refractivity contribution < 1.29 is 0 Å². The summed E-state index contributed by atoms with van der Waals surface area (Å²) in [6.45, 7) is 1.05. The molecule has 1 aromatic heterocycles. The minimum atomic E-state index is 0.200. The quantitative estimate of drug-likeness (QED) is 0.762. The highest BCUT2D eigenvalue weighted by Crippen LogP contribution is 2.32. The Morgan fingerprint density at radius 2 is 2.27 bits per heavy atom. The number of likely N-dealkylation sites (N-methyl/N-ethyl adjacent to an activating group) is 1. The van der Waals surface area contributed by atoms with Crippen LogP contribution in [0.4, 0.5) is 0 Å². The van der Waals surface area contributed by atoms with E-state index in [1.54, 1.807) is 0 Å². The van der Waals surface area contributed by atoms with Gasteiger partial charge in [0.25, 0.3) is 0 Å². The molecule has 84 valence electrons. The van der Waals surface area contributed by atoms with Crippen molar-refractivity contribution in [2.24, 2.45) is 7.05 Å². The largest absolute Gasteiger partial charge is 0.309 e. The molecule has 1 aromatic rings. The van der Waals surface area contributed by atoms with Gasteiger partial charge in [0.05, 0.1) is 0 Å². The summed E-state index contributed by atoms with van der Waals surface area (Å²) in [6.07, 6.45) is 3.54. The first-order valence-corrected chi connectivity index (χ1v) is 6.24. The van der Waals surface area contributed by atoms with E-state index in [1.807, 2.05) is 11.6 Å². The molecule has 1 aliphatic rings. The SMILES string of the molecule is CN(C)C[C@@H]1CCCc2sc(=O)n(C)c21. The minimum absolute atomic E-state index is 0.200. The van der Waals surface area contributed by atoms with Crippen molar-refractivity contribution in [3.05, 3.63) is 20.2 Å². The molecular weight excluding hydrogens is 208 g/mol. The normalized spacial score (nSPS) is 20.7. The van der Waals surface area contributed by atoms with Crippen LogP contribution < -0.4 is 4.87 Å². The number of thiazole rings is 1. The van der Waals surface area contributed by atoms with E-state index in [-0.39, 0.29) is 4.87 Å². The molecular formula is C11H18N2OS. The molecule has 0 unspecified atom stereocenters. The molecule has 0 N–H and O–H groups in total. The number of aryl methyl sites for hydroxylation is 1. The number of hydrogen-bond acceptors (Lipinski definition) is 3. The van der Waals surface area contributed by atoms with Crippen molar-refractivity contribution in [3.63, 3.8) is 0 Å². The fraction of sp³-hybridized carbons (Fsp3) is 0.727. The first-order valence-electron chi connectivity index (χ1n) is 5.43. The number of hydrogen-bond donors (Lipinski definition) is 0. The maximum absolute atomic E-state index is 11.6. The molecule has 0 amide bonds. The molecule has 0 saturated carbocycles. The average molecular weight is 226 g/mol. The monoisotopic (exact) mass is 226 g/mol. The molecule has 0 spiro atoms. The van der Waals surface area contributed by atoms with Crippen LogP contribution in [0.3, 0.4) is 0 Å². The van der Waals surface area contributed by atoms with Gasteiger partial charge in [0.15, 0.2) is 0 Å². The summed E-state index contributed by atoms with van der Waals surface area (Å²) < 4.78 is 1.85. The Kier molecular flexibility index (Phi) is 2.98. The number of nitrogens with zero attached hydrogens (tertiary/aromatic N) is 2. The highest BCUT2D eigenvalue weighted by atomic mass is 32.1. The standard InChI is InChI=1S/C11H18N2OS/c1-12(2)7-8-5-4-6-9-10(8)13(3)11(14)15-9/h8H,4-7H2,1-3H3/t8-/m0/s1. The predicted molar refractivity (Wildman–Crippen MR) is 63.8 cm³/mol. The zero-order valence-electron chi connectivity index (χ0n) is 9.62. The van der Waals surface area contributed by atoms with Gasteiger partial charge in [-0.1, -0.05) is 11.3 Å². The second kappa shape index (κ2) is 4.10. The van der Waals surface area contributed by atoms with Crippen LogP contribution in [0.2, 0.25) is 0 Å². The van der Waals surface area contributed by atoms with Crippen molar-refractivity contribution in [3.8, 4) is 0 Å². The molecule has 2 rings (SSSR count). The van der Waals surface area contributed by atoms with Crippen molar-refractivity contribution in [1.29, 1.82) is 0 Å². The summed E-state index contributed by atoms with van der Waals surface area (Å²) in [5.41, 5.74) is 1.30. The van der Waals surface area contributed by atoms with Crippen molar-refractivity contribution in [2.45, 2.75) is 25.2 Å². The van der Waals surface area contributed by atoms with Crippen molar-refractivity contribution >= 4 is 11.3 Å². The summed E-state index contributed by atoms with van der Waals surface area (Å²) in [6, 6.07) is 0. The Balaban J connectivity index is 2.36. The first kappa shape index (κ1) is 10.9. The smallest absolute Gasteiger partial charge is 0.307 e. The molecule has 4 heteroatoms. The van der Waals surface area contributed by atoms with Crippen LogP contribution in [0.1, 0.15) is 29.3 Å². The Labute approximate surface area is 94.3 Å². The van der Waals surface area contributed by atoms with Gasteiger partial charge >= 0.3 is 4.87 Å². The second-order valence-corrected chi connectivity index (χ2v) is 5.63. The van der Waals surface area contributed by atoms with E-state index in [0.29, 0.717) is 5.92 Å². The molecule has 1 atom stereocenters. The van der Waals surface area contributed by atoms with E-state index >= 15 is 0 Å². The van der Waals surface area contributed by atoms with E-state index in [2.05, 4.69) is 19.0 Å². The maximum atomic E-state index is 11.6. The Hall–Kier alpha value is -0.610. The summed E-state index contributed by atoms with van der Waals surface area (Å²) in [4.78, 5) is 15.3. The molecule has 0 bridgehead atoms. The lowest BCUT2D eigenvalue weighted by molar-refractivity contribution is 0.345. The molecule has 0 aromatic carbocycles. The van der Waals surface area contributed by atoms with Gasteiger partial charge in [0.2, 0.25) is 0 Å². The minimum Gasteiger partial charge on any atom is -0.309 e. The van der Waals surface area contributed by atoms with Crippen LogP contribution in [-0.4, -0.2) is 30.1 Å². The van der Waals surface area contributed by atoms with E-state index in [4.69, 9.17) is 0 Å². The van der Waals surface area contributed by atoms with E-state index < -0.39 is 0 Å². The third-order valence-corrected chi connectivity index (χ3v) is 4.17. The second-order valence-electron chi connectivity index (χ2n) is 4.59. The van der Waals surface area contributed by atoms with Gasteiger partial charge in [-0.15, -0.1) is 0 Å². The summed E-state index contributed by atoms with van der Waals surface area (Å²) >= 11 is 1.44. The van der Waals surface area contributed by atoms with Gasteiger partial charge in [-0.25, -0.2) is 0 Å². The van der Waals surface area contributed by atoms with Gasteiger partial charge in [-0.2, -0.15) is 0 Å². The summed E-state index contributed by atoms with van der Waals surface area (Å²) in [7, 11) is 6.10. The van der Waals surface area contributed by atoms with Crippen LogP contribution in [0, 0.1) is 0 Å². The molecule has 0 fully saturated rings. The van der Waals surface area contributed by atoms with Crippen LogP contribution in [0.25, 0.3) is 0 Å². The summed E-state index contributed by atoms with van der Waals surface area (Å²) in [5, 5.41) is 0. The van der Waals surface area contributed by atoms with Crippen LogP contribution in [-0.2, 0) is 13.5 Å². The fourth-order valence-corrected chi connectivity index (χ4v) is 3.56. The Bertz CT molecular complexity index is 405. The van der Waals surface area contributed by atoms with E-state index in [1.165, 1.54) is 34.7 Å². The predicted octanol–water partition coefficient (Wildman–Crippen LogP) is 1.43. The molecule has 0 saturated heterocycles. The molecule has 0 aliphatic heterocycles. The fourth-order valence-electron chi connectivity index (χ4n) is 2.46. The van der Waals surface area contributed by atoms with Gasteiger partial charge < -0.3 is 9.47 Å².